The summed E-state index contributed by atoms with van der Waals surface area (Å²) in [6.07, 6.45) is 16.4. The third-order valence-corrected chi connectivity index (χ3v) is 4.14. The van der Waals surface area contributed by atoms with Crippen molar-refractivity contribution in [3.8, 4) is 0 Å². The number of rotatable bonds is 17. The van der Waals surface area contributed by atoms with Gasteiger partial charge in [0.05, 0.1) is 22.7 Å². The largest absolute Gasteiger partial charge is 0.303 e. The van der Waals surface area contributed by atoms with Crippen LogP contribution in [-0.4, -0.2) is 16.1 Å². The van der Waals surface area contributed by atoms with Crippen LogP contribution in [0.4, 0.5) is 0 Å². The fourth-order valence-corrected chi connectivity index (χ4v) is 2.52. The Kier molecular flexibility index (Phi) is 15.7. The van der Waals surface area contributed by atoms with Crippen LogP contribution >= 0.6 is 0 Å². The van der Waals surface area contributed by atoms with Gasteiger partial charge in [0, 0.05) is 6.42 Å². The Labute approximate surface area is 161 Å². The van der Waals surface area contributed by atoms with Gasteiger partial charge in [-0.15, -0.1) is 0 Å². The molecule has 0 aromatic heterocycles. The summed E-state index contributed by atoms with van der Waals surface area (Å²) in [5.74, 6) is 0. The highest BCUT2D eigenvalue weighted by Gasteiger charge is 2.13. The lowest BCUT2D eigenvalue weighted by atomic mass is 10.1. The second-order valence-corrected chi connectivity index (χ2v) is 6.44. The molecule has 0 bridgehead atoms. The Balaban J connectivity index is 4.51. The molecule has 7 nitrogen and oxygen atoms in total. The summed E-state index contributed by atoms with van der Waals surface area (Å²) in [6, 6.07) is 0. The van der Waals surface area contributed by atoms with Crippen molar-refractivity contribution in [1.82, 2.24) is 0 Å². The first-order chi connectivity index (χ1) is 13.0. The molecule has 0 saturated heterocycles. The van der Waals surface area contributed by atoms with Crippen LogP contribution in [0.15, 0.2) is 35.7 Å². The van der Waals surface area contributed by atoms with Crippen molar-refractivity contribution in [3.05, 3.63) is 55.9 Å². The molecule has 0 atom stereocenters. The number of allylic oxidation sites excluding steroid dienone is 4. The monoisotopic (exact) mass is 380 g/mol. The van der Waals surface area contributed by atoms with Gasteiger partial charge in [0.2, 0.25) is 11.4 Å². The second kappa shape index (κ2) is 17.1. The van der Waals surface area contributed by atoms with Gasteiger partial charge in [-0.05, 0) is 44.3 Å². The van der Waals surface area contributed by atoms with Gasteiger partial charge in [-0.3, -0.25) is 20.2 Å². The molecule has 0 fully saturated rings. The summed E-state index contributed by atoms with van der Waals surface area (Å²) in [6.45, 7) is 2.12. The summed E-state index contributed by atoms with van der Waals surface area (Å²) in [4.78, 5) is 31.5. The molecule has 0 radical (unpaired) electrons. The number of aldehydes is 1. The number of nitrogens with zero attached hydrogens (tertiary/aromatic N) is 2. The Hall–Kier alpha value is -2.31. The first-order valence-corrected chi connectivity index (χ1v) is 9.78. The molecule has 0 spiro atoms. The number of carbonyl (C=O) groups is 1. The van der Waals surface area contributed by atoms with Crippen LogP contribution in [0.3, 0.4) is 0 Å². The molecule has 0 unspecified atom stereocenters. The summed E-state index contributed by atoms with van der Waals surface area (Å²) in [7, 11) is 0. The molecule has 0 aliphatic rings. The highest BCUT2D eigenvalue weighted by Crippen LogP contribution is 2.13. The van der Waals surface area contributed by atoms with Crippen LogP contribution in [-0.2, 0) is 4.79 Å². The quantitative estimate of drug-likeness (QED) is 0.105. The van der Waals surface area contributed by atoms with Crippen molar-refractivity contribution in [1.29, 1.82) is 0 Å². The van der Waals surface area contributed by atoms with Crippen LogP contribution in [0.5, 0.6) is 0 Å². The molecule has 0 saturated carbocycles. The lowest BCUT2D eigenvalue weighted by molar-refractivity contribution is -0.431. The molecule has 0 aliphatic heterocycles. The van der Waals surface area contributed by atoms with Gasteiger partial charge in [0.15, 0.2) is 0 Å². The van der Waals surface area contributed by atoms with E-state index in [4.69, 9.17) is 0 Å². The van der Waals surface area contributed by atoms with E-state index in [0.29, 0.717) is 12.8 Å². The maximum Gasteiger partial charge on any atom is 0.246 e. The maximum absolute atomic E-state index is 11.1. The number of unbranched alkanes of at least 4 members (excludes halogenated alkanes) is 8. The predicted molar refractivity (Wildman–Crippen MR) is 106 cm³/mol. The first kappa shape index (κ1) is 24.7. The number of hydrogen-bond donors (Lipinski definition) is 0. The Morgan fingerprint density at radius 3 is 1.93 bits per heavy atom. The molecule has 0 amide bonds. The van der Waals surface area contributed by atoms with Crippen LogP contribution in [0.2, 0.25) is 0 Å². The van der Waals surface area contributed by atoms with Crippen molar-refractivity contribution in [2.75, 3.05) is 0 Å². The minimum Gasteiger partial charge on any atom is -0.303 e. The first-order valence-electron chi connectivity index (χ1n) is 9.78. The molecule has 0 heterocycles. The molecule has 0 N–H and O–H groups in total. The van der Waals surface area contributed by atoms with Gasteiger partial charge in [0.25, 0.3) is 0 Å². The van der Waals surface area contributed by atoms with E-state index in [1.807, 2.05) is 6.08 Å². The van der Waals surface area contributed by atoms with E-state index >= 15 is 0 Å². The summed E-state index contributed by atoms with van der Waals surface area (Å²) in [5.41, 5.74) is -0.0162. The summed E-state index contributed by atoms with van der Waals surface area (Å²) < 4.78 is 0. The third kappa shape index (κ3) is 14.5. The van der Waals surface area contributed by atoms with Crippen LogP contribution < -0.4 is 0 Å². The van der Waals surface area contributed by atoms with Gasteiger partial charge in [-0.25, -0.2) is 0 Å². The lowest BCUT2D eigenvalue weighted by Crippen LogP contribution is -2.01. The highest BCUT2D eigenvalue weighted by atomic mass is 16.6. The second-order valence-electron chi connectivity index (χ2n) is 6.44. The minimum absolute atomic E-state index is 0.00540. The van der Waals surface area contributed by atoms with Gasteiger partial charge < -0.3 is 4.79 Å². The molecular weight excluding hydrogens is 348 g/mol. The molecular formula is C20H32N2O5. The van der Waals surface area contributed by atoms with Gasteiger partial charge in [-0.2, -0.15) is 0 Å². The normalized spacial score (nSPS) is 12.5. The zero-order valence-corrected chi connectivity index (χ0v) is 16.3. The van der Waals surface area contributed by atoms with Crippen LogP contribution in [0.1, 0.15) is 84.0 Å². The third-order valence-electron chi connectivity index (χ3n) is 4.14. The maximum atomic E-state index is 11.1. The van der Waals surface area contributed by atoms with Gasteiger partial charge in [-0.1, -0.05) is 44.8 Å². The van der Waals surface area contributed by atoms with Crippen molar-refractivity contribution >= 4 is 6.29 Å². The SMILES string of the molecule is CCCCC/C=C\C/C(=C\C/C(=C\CCCCCCC=O)[N+](=O)[O-])[N+](=O)[O-]. The van der Waals surface area contributed by atoms with Crippen LogP contribution in [0, 0.1) is 20.2 Å². The van der Waals surface area contributed by atoms with Crippen molar-refractivity contribution < 1.29 is 14.6 Å². The average Bonchev–Trinajstić information content (AvgIpc) is 2.63. The summed E-state index contributed by atoms with van der Waals surface area (Å²) in [5, 5.41) is 22.3. The average molecular weight is 380 g/mol. The minimum atomic E-state index is -0.471. The van der Waals surface area contributed by atoms with E-state index in [9.17, 15) is 25.0 Å². The van der Waals surface area contributed by atoms with E-state index < -0.39 is 9.85 Å². The van der Waals surface area contributed by atoms with E-state index in [-0.39, 0.29) is 24.2 Å². The van der Waals surface area contributed by atoms with Gasteiger partial charge >= 0.3 is 0 Å². The van der Waals surface area contributed by atoms with Crippen molar-refractivity contribution in [3.63, 3.8) is 0 Å². The highest BCUT2D eigenvalue weighted by molar-refractivity contribution is 5.48. The topological polar surface area (TPSA) is 103 Å². The number of nitro groups is 2. The van der Waals surface area contributed by atoms with E-state index in [2.05, 4.69) is 6.92 Å². The molecule has 0 aliphatic carbocycles. The smallest absolute Gasteiger partial charge is 0.246 e. The van der Waals surface area contributed by atoms with Crippen LogP contribution in [0.25, 0.3) is 0 Å². The Morgan fingerprint density at radius 2 is 1.33 bits per heavy atom. The molecule has 0 rings (SSSR count). The zero-order valence-electron chi connectivity index (χ0n) is 16.3. The van der Waals surface area contributed by atoms with Gasteiger partial charge in [0.1, 0.15) is 6.29 Å². The van der Waals surface area contributed by atoms with E-state index in [1.165, 1.54) is 6.08 Å². The number of carbonyl (C=O) groups excluding carboxylic acids is 1. The molecule has 7 heteroatoms. The van der Waals surface area contributed by atoms with Crippen molar-refractivity contribution in [2.45, 2.75) is 84.0 Å². The number of hydrogen-bond acceptors (Lipinski definition) is 5. The molecule has 27 heavy (non-hydrogen) atoms. The molecule has 0 aromatic carbocycles. The fourth-order valence-electron chi connectivity index (χ4n) is 2.52. The Morgan fingerprint density at radius 1 is 0.741 bits per heavy atom. The van der Waals surface area contributed by atoms with E-state index in [0.717, 1.165) is 57.7 Å². The fraction of sp³-hybridized carbons (Fsp3) is 0.650. The molecule has 0 aromatic rings. The van der Waals surface area contributed by atoms with E-state index in [1.54, 1.807) is 12.2 Å². The molecule has 152 valence electrons. The summed E-state index contributed by atoms with van der Waals surface area (Å²) >= 11 is 0. The standard InChI is InChI=1S/C20H32N2O5/c1-2-3-4-5-8-11-14-19(21(24)25)16-17-20(22(26)27)15-12-9-6-7-10-13-18-23/h8,11,15-16,18H,2-7,9-10,12-14,17H2,1H3/b11-8-,19-16+,20-15+. The predicted octanol–water partition coefficient (Wildman–Crippen LogP) is 5.76. The Bertz CT molecular complexity index is 538. The van der Waals surface area contributed by atoms with Crippen molar-refractivity contribution in [2.24, 2.45) is 0 Å². The lowest BCUT2D eigenvalue weighted by Gasteiger charge is -1.98. The zero-order chi connectivity index (χ0) is 20.3.